The van der Waals surface area contributed by atoms with E-state index in [2.05, 4.69) is 31.9 Å². The van der Waals surface area contributed by atoms with E-state index < -0.39 is 0 Å². The Bertz CT molecular complexity index is 979. The second-order valence-corrected chi connectivity index (χ2v) is 11.4. The lowest BCUT2D eigenvalue weighted by molar-refractivity contribution is 0.0918. The summed E-state index contributed by atoms with van der Waals surface area (Å²) in [5.41, 5.74) is 1.45. The van der Waals surface area contributed by atoms with E-state index in [0.717, 1.165) is 55.9 Å². The van der Waals surface area contributed by atoms with E-state index >= 15 is 0 Å². The molecule has 0 saturated carbocycles. The van der Waals surface area contributed by atoms with Crippen molar-refractivity contribution in [3.63, 3.8) is 0 Å². The first-order valence-corrected chi connectivity index (χ1v) is 14.7. The molecule has 198 valence electrons. The third kappa shape index (κ3) is 6.46. The van der Waals surface area contributed by atoms with Gasteiger partial charge < -0.3 is 14.7 Å². The molecule has 3 aliphatic heterocycles. The van der Waals surface area contributed by atoms with Gasteiger partial charge in [0.2, 0.25) is 0 Å². The van der Waals surface area contributed by atoms with Crippen LogP contribution in [0.1, 0.15) is 87.5 Å². The molecular weight excluding hydrogens is 448 g/mol. The van der Waals surface area contributed by atoms with Crippen molar-refractivity contribution in [2.75, 3.05) is 57.3 Å². The fraction of sp³-hybridized carbons (Fsp3) is 0.759. The highest BCUT2D eigenvalue weighted by atomic mass is 16.1. The molecule has 36 heavy (non-hydrogen) atoms. The van der Waals surface area contributed by atoms with Gasteiger partial charge in [0.1, 0.15) is 11.5 Å². The number of aryl methyl sites for hydroxylation is 1. The molecule has 0 bridgehead atoms. The zero-order valence-corrected chi connectivity index (χ0v) is 22.5. The van der Waals surface area contributed by atoms with Crippen LogP contribution in [0.5, 0.6) is 0 Å². The van der Waals surface area contributed by atoms with Crippen LogP contribution in [0, 0.1) is 5.92 Å². The zero-order valence-electron chi connectivity index (χ0n) is 22.5. The second-order valence-electron chi connectivity index (χ2n) is 11.4. The summed E-state index contributed by atoms with van der Waals surface area (Å²) in [6, 6.07) is 4.19. The number of ketones is 1. The molecule has 2 aromatic rings. The van der Waals surface area contributed by atoms with Crippen LogP contribution in [0.4, 0.5) is 5.82 Å². The van der Waals surface area contributed by atoms with Crippen LogP contribution in [-0.2, 0) is 7.05 Å². The number of hydrogen-bond donors (Lipinski definition) is 0. The van der Waals surface area contributed by atoms with Gasteiger partial charge in [0.05, 0.1) is 5.39 Å². The molecule has 3 aliphatic rings. The van der Waals surface area contributed by atoms with Gasteiger partial charge in [0.25, 0.3) is 0 Å². The number of aromatic nitrogens is 3. The number of pyridine rings is 1. The maximum Gasteiger partial charge on any atom is 0.184 e. The Morgan fingerprint density at radius 1 is 0.806 bits per heavy atom. The minimum absolute atomic E-state index is 0.185. The summed E-state index contributed by atoms with van der Waals surface area (Å²) in [6.45, 7) is 9.31. The van der Waals surface area contributed by atoms with E-state index in [9.17, 15) is 4.79 Å². The predicted molar refractivity (Wildman–Crippen MR) is 147 cm³/mol. The van der Waals surface area contributed by atoms with Crippen LogP contribution in [-0.4, -0.2) is 82.7 Å². The highest BCUT2D eigenvalue weighted by Gasteiger charge is 2.25. The number of nitrogens with zero attached hydrogens (tertiary/aromatic N) is 6. The van der Waals surface area contributed by atoms with E-state index in [0.29, 0.717) is 18.0 Å². The monoisotopic (exact) mass is 494 g/mol. The van der Waals surface area contributed by atoms with Gasteiger partial charge in [-0.25, -0.2) is 9.67 Å². The minimum Gasteiger partial charge on any atom is -0.357 e. The number of carbonyl (C=O) groups excluding carboxylic acids is 1. The van der Waals surface area contributed by atoms with E-state index in [1.165, 1.54) is 84.0 Å². The molecule has 5 heterocycles. The fourth-order valence-corrected chi connectivity index (χ4v) is 6.40. The van der Waals surface area contributed by atoms with Crippen molar-refractivity contribution in [1.29, 1.82) is 0 Å². The minimum atomic E-state index is 0.185. The predicted octanol–water partition coefficient (Wildman–Crippen LogP) is 4.90. The van der Waals surface area contributed by atoms with E-state index in [-0.39, 0.29) is 5.78 Å². The highest BCUT2D eigenvalue weighted by molar-refractivity contribution is 6.05. The van der Waals surface area contributed by atoms with Crippen molar-refractivity contribution in [1.82, 2.24) is 24.6 Å². The van der Waals surface area contributed by atoms with Crippen molar-refractivity contribution >= 4 is 22.6 Å². The molecule has 3 fully saturated rings. The molecule has 7 nitrogen and oxygen atoms in total. The molecule has 0 unspecified atom stereocenters. The summed E-state index contributed by atoms with van der Waals surface area (Å²) in [4.78, 5) is 26.0. The zero-order chi connectivity index (χ0) is 24.7. The largest absolute Gasteiger partial charge is 0.357 e. The molecule has 5 rings (SSSR count). The number of rotatable bonds is 7. The number of Topliss-reactive ketones (excluding diaryl/α,β-unsaturated/α-hetero) is 1. The molecule has 0 spiro atoms. The Hall–Kier alpha value is -1.99. The van der Waals surface area contributed by atoms with Gasteiger partial charge in [-0.05, 0) is 82.8 Å². The maximum atomic E-state index is 13.3. The summed E-state index contributed by atoms with van der Waals surface area (Å²) in [7, 11) is 1.92. The topological polar surface area (TPSA) is 57.5 Å². The number of anilines is 1. The van der Waals surface area contributed by atoms with Gasteiger partial charge in [0.15, 0.2) is 11.4 Å². The van der Waals surface area contributed by atoms with Crippen LogP contribution in [0.25, 0.3) is 11.0 Å². The van der Waals surface area contributed by atoms with Crippen molar-refractivity contribution in [2.24, 2.45) is 13.0 Å². The van der Waals surface area contributed by atoms with Crippen molar-refractivity contribution in [2.45, 2.75) is 77.0 Å². The summed E-state index contributed by atoms with van der Waals surface area (Å²) < 4.78 is 1.81. The molecule has 2 aromatic heterocycles. The van der Waals surface area contributed by atoms with Gasteiger partial charge in [-0.1, -0.05) is 32.1 Å². The molecule has 0 atom stereocenters. The average Bonchev–Trinajstić information content (AvgIpc) is 3.03. The van der Waals surface area contributed by atoms with Crippen LogP contribution in [0.2, 0.25) is 0 Å². The number of likely N-dealkylation sites (tertiary alicyclic amines) is 2. The lowest BCUT2D eigenvalue weighted by Gasteiger charge is -2.33. The molecular formula is C29H46N6O. The SMILES string of the molecule is Cn1nc(C(=O)CC2CCN(CCN3CCCCCC3)CC2)c2ccc(N3CCCCCCC3)nc21. The van der Waals surface area contributed by atoms with Crippen molar-refractivity contribution in [3.8, 4) is 0 Å². The number of carbonyl (C=O) groups is 1. The molecule has 0 amide bonds. The highest BCUT2D eigenvalue weighted by Crippen LogP contribution is 2.27. The summed E-state index contributed by atoms with van der Waals surface area (Å²) >= 11 is 0. The van der Waals surface area contributed by atoms with Gasteiger partial charge >= 0.3 is 0 Å². The lowest BCUT2D eigenvalue weighted by atomic mass is 9.90. The maximum absolute atomic E-state index is 13.3. The normalized spacial score (nSPS) is 21.9. The van der Waals surface area contributed by atoms with E-state index in [4.69, 9.17) is 4.98 Å². The molecule has 7 heteroatoms. The van der Waals surface area contributed by atoms with Crippen LogP contribution in [0.3, 0.4) is 0 Å². The number of hydrogen-bond acceptors (Lipinski definition) is 6. The summed E-state index contributed by atoms with van der Waals surface area (Å²) in [6.07, 6.45) is 14.8. The van der Waals surface area contributed by atoms with Crippen molar-refractivity contribution < 1.29 is 4.79 Å². The van der Waals surface area contributed by atoms with Crippen LogP contribution < -0.4 is 4.90 Å². The van der Waals surface area contributed by atoms with E-state index in [1.54, 1.807) is 0 Å². The molecule has 0 radical (unpaired) electrons. The van der Waals surface area contributed by atoms with E-state index in [1.807, 2.05) is 11.7 Å². The van der Waals surface area contributed by atoms with Gasteiger partial charge in [0, 0.05) is 39.6 Å². The Balaban J connectivity index is 1.15. The summed E-state index contributed by atoms with van der Waals surface area (Å²) in [5.74, 6) is 1.68. The second kappa shape index (κ2) is 12.5. The van der Waals surface area contributed by atoms with Gasteiger partial charge in [-0.2, -0.15) is 5.10 Å². The van der Waals surface area contributed by atoms with Crippen LogP contribution in [0.15, 0.2) is 12.1 Å². The first kappa shape index (κ1) is 25.7. The fourth-order valence-electron chi connectivity index (χ4n) is 6.40. The third-order valence-electron chi connectivity index (χ3n) is 8.73. The first-order chi connectivity index (χ1) is 17.7. The Labute approximate surface area is 217 Å². The van der Waals surface area contributed by atoms with Gasteiger partial charge in [-0.3, -0.25) is 4.79 Å². The third-order valence-corrected chi connectivity index (χ3v) is 8.73. The standard InChI is InChI=1S/C29H46N6O/c1-32-29-25(11-12-27(30-29)35-17-9-3-2-4-10-18-35)28(31-32)26(36)23-24-13-19-34(20-14-24)22-21-33-15-7-5-6-8-16-33/h11-12,24H,2-10,13-23H2,1H3. The quantitative estimate of drug-likeness (QED) is 0.511. The molecule has 0 N–H and O–H groups in total. The number of fused-ring (bicyclic) bond motifs is 1. The average molecular weight is 495 g/mol. The van der Waals surface area contributed by atoms with Crippen LogP contribution >= 0.6 is 0 Å². The first-order valence-electron chi connectivity index (χ1n) is 14.7. The van der Waals surface area contributed by atoms with Gasteiger partial charge in [-0.15, -0.1) is 0 Å². The van der Waals surface area contributed by atoms with Crippen molar-refractivity contribution in [3.05, 3.63) is 17.8 Å². The Morgan fingerprint density at radius 3 is 2.06 bits per heavy atom. The molecule has 0 aliphatic carbocycles. The Morgan fingerprint density at radius 2 is 1.39 bits per heavy atom. The molecule has 0 aromatic carbocycles. The smallest absolute Gasteiger partial charge is 0.184 e. The lowest BCUT2D eigenvalue weighted by Crippen LogP contribution is -2.40. The summed E-state index contributed by atoms with van der Waals surface area (Å²) in [5, 5.41) is 5.56. The number of piperidine rings is 1. The molecule has 3 saturated heterocycles. The Kier molecular flexibility index (Phi) is 8.91.